The second-order valence-electron chi connectivity index (χ2n) is 7.18. The van der Waals surface area contributed by atoms with Crippen LogP contribution in [0.25, 0.3) is 0 Å². The summed E-state index contributed by atoms with van der Waals surface area (Å²) in [6.07, 6.45) is 0.0834. The molecule has 2 rings (SSSR count). The normalized spacial score (nSPS) is 10.8. The zero-order valence-electron chi connectivity index (χ0n) is 18.2. The number of thioether (sulfide) groups is 1. The predicted octanol–water partition coefficient (Wildman–Crippen LogP) is 2.48. The number of carbonyl (C=O) groups excluding carboxylic acids is 2. The molecule has 1 aromatic heterocycles. The van der Waals surface area contributed by atoms with Gasteiger partial charge in [-0.25, -0.2) is 18.1 Å². The van der Waals surface area contributed by atoms with Crippen molar-refractivity contribution in [2.24, 2.45) is 0 Å². The van der Waals surface area contributed by atoms with Crippen LogP contribution in [0.15, 0.2) is 34.2 Å². The third-order valence-corrected chi connectivity index (χ3v) is 6.75. The third-order valence-electron chi connectivity index (χ3n) is 4.33. The number of nitriles is 2. The number of nitrogens with zero attached hydrogens (tertiary/aromatic N) is 3. The first-order valence-electron chi connectivity index (χ1n) is 9.69. The third kappa shape index (κ3) is 6.44. The summed E-state index contributed by atoms with van der Waals surface area (Å²) >= 11 is 1.18. The van der Waals surface area contributed by atoms with Crippen molar-refractivity contribution >= 4 is 45.1 Å². The Morgan fingerprint density at radius 1 is 1.15 bits per heavy atom. The van der Waals surface area contributed by atoms with Crippen LogP contribution in [0, 0.1) is 22.7 Å². The van der Waals surface area contributed by atoms with Crippen molar-refractivity contribution in [1.29, 1.82) is 10.5 Å². The monoisotopic (exact) mass is 486 g/mol. The second-order valence-corrected chi connectivity index (χ2v) is 9.94. The molecule has 0 bridgehead atoms. The first kappa shape index (κ1) is 25.6. The molecule has 10 nitrogen and oxygen atoms in total. The second kappa shape index (κ2) is 10.8. The summed E-state index contributed by atoms with van der Waals surface area (Å²) < 4.78 is 25.8. The van der Waals surface area contributed by atoms with Gasteiger partial charge in [-0.05, 0) is 35.7 Å². The van der Waals surface area contributed by atoms with Gasteiger partial charge < -0.3 is 11.1 Å². The molecule has 1 heterocycles. The maximum absolute atomic E-state index is 12.3. The lowest BCUT2D eigenvalue weighted by Crippen LogP contribution is -2.28. The number of anilines is 2. The van der Waals surface area contributed by atoms with E-state index in [2.05, 4.69) is 16.4 Å². The fourth-order valence-electron chi connectivity index (χ4n) is 2.94. The number of sulfonamides is 1. The number of hydrogen-bond acceptors (Lipinski definition) is 9. The molecule has 1 aromatic carbocycles. The lowest BCUT2D eigenvalue weighted by atomic mass is 9.94. The Balaban J connectivity index is 2.05. The number of amides is 2. The van der Waals surface area contributed by atoms with Crippen LogP contribution in [0.1, 0.15) is 49.8 Å². The molecule has 0 aliphatic carbocycles. The Morgan fingerprint density at radius 3 is 2.27 bits per heavy atom. The van der Waals surface area contributed by atoms with E-state index in [-0.39, 0.29) is 40.1 Å². The van der Waals surface area contributed by atoms with E-state index in [0.29, 0.717) is 22.0 Å². The van der Waals surface area contributed by atoms with Crippen LogP contribution in [-0.2, 0) is 19.6 Å². The van der Waals surface area contributed by atoms with Crippen molar-refractivity contribution in [1.82, 2.24) is 9.71 Å². The molecular formula is C21H22N6O4S2. The molecule has 0 radical (unpaired) electrons. The summed E-state index contributed by atoms with van der Waals surface area (Å²) in [5.41, 5.74) is 7.28. The molecule has 0 atom stereocenters. The van der Waals surface area contributed by atoms with E-state index in [1.807, 2.05) is 24.6 Å². The molecule has 2 amide bonds. The van der Waals surface area contributed by atoms with E-state index >= 15 is 0 Å². The summed E-state index contributed by atoms with van der Waals surface area (Å²) in [6.45, 7) is 4.80. The van der Waals surface area contributed by atoms with Crippen molar-refractivity contribution in [2.45, 2.75) is 43.0 Å². The van der Waals surface area contributed by atoms with Crippen molar-refractivity contribution in [3.05, 3.63) is 41.0 Å². The minimum Gasteiger partial charge on any atom is -0.383 e. The average molecular weight is 487 g/mol. The summed E-state index contributed by atoms with van der Waals surface area (Å²) in [4.78, 5) is 27.3. The van der Waals surface area contributed by atoms with Crippen LogP contribution >= 0.6 is 11.8 Å². The van der Waals surface area contributed by atoms with Gasteiger partial charge >= 0.3 is 0 Å². The summed E-state index contributed by atoms with van der Waals surface area (Å²) in [5, 5.41) is 22.0. The van der Waals surface area contributed by atoms with Gasteiger partial charge in [-0.15, -0.1) is 11.8 Å². The first-order valence-corrected chi connectivity index (χ1v) is 12.2. The molecule has 0 spiro atoms. The van der Waals surface area contributed by atoms with Crippen LogP contribution < -0.4 is 15.8 Å². The van der Waals surface area contributed by atoms with Crippen LogP contribution in [-0.4, -0.2) is 31.0 Å². The van der Waals surface area contributed by atoms with Gasteiger partial charge in [-0.2, -0.15) is 10.5 Å². The molecule has 172 valence electrons. The fourth-order valence-corrected chi connectivity index (χ4v) is 4.87. The molecule has 0 saturated heterocycles. The number of hydrogen-bond donors (Lipinski definition) is 3. The number of nitrogen functional groups attached to an aromatic ring is 1. The minimum absolute atomic E-state index is 0.0430. The van der Waals surface area contributed by atoms with Crippen molar-refractivity contribution in [3.63, 3.8) is 0 Å². The zero-order valence-corrected chi connectivity index (χ0v) is 19.8. The maximum Gasteiger partial charge on any atom is 0.264 e. The Labute approximate surface area is 196 Å². The fraction of sp³-hybridized carbons (Fsp3) is 0.286. The number of nitrogens with one attached hydrogen (secondary N) is 2. The quantitative estimate of drug-likeness (QED) is 0.472. The lowest BCUT2D eigenvalue weighted by Gasteiger charge is -2.15. The molecule has 12 heteroatoms. The highest BCUT2D eigenvalue weighted by Gasteiger charge is 2.21. The topological polar surface area (TPSA) is 179 Å². The van der Waals surface area contributed by atoms with Gasteiger partial charge in [0.25, 0.3) is 10.0 Å². The number of benzene rings is 1. The summed E-state index contributed by atoms with van der Waals surface area (Å²) in [6, 6.07) is 9.44. The van der Waals surface area contributed by atoms with Crippen LogP contribution in [0.2, 0.25) is 0 Å². The molecule has 33 heavy (non-hydrogen) atoms. The van der Waals surface area contributed by atoms with E-state index in [9.17, 15) is 28.5 Å². The van der Waals surface area contributed by atoms with Crippen molar-refractivity contribution in [3.8, 4) is 12.1 Å². The van der Waals surface area contributed by atoms with Gasteiger partial charge in [0.2, 0.25) is 11.8 Å². The zero-order chi connectivity index (χ0) is 24.8. The Hall–Kier alpha value is -3.61. The van der Waals surface area contributed by atoms with Gasteiger partial charge in [-0.1, -0.05) is 13.8 Å². The highest BCUT2D eigenvalue weighted by molar-refractivity contribution is 7.99. The highest BCUT2D eigenvalue weighted by Crippen LogP contribution is 2.33. The van der Waals surface area contributed by atoms with E-state index in [1.165, 1.54) is 36.0 Å². The maximum atomic E-state index is 12.3. The standard InChI is InChI=1S/C21H22N6O4S2/c1-12(2)19-16(10-22)20(24)26-21(17(19)11-23)32-9-8-18(29)25-14-4-6-15(7-5-14)33(30,31)27-13(3)28/h4-7,12H,8-9H2,1-3H3,(H2,24,26)(H,25,29)(H,27,28). The van der Waals surface area contributed by atoms with E-state index in [1.54, 1.807) is 0 Å². The Kier molecular flexibility index (Phi) is 8.40. The van der Waals surface area contributed by atoms with Crippen LogP contribution in [0.3, 0.4) is 0 Å². The number of pyridine rings is 1. The summed E-state index contributed by atoms with van der Waals surface area (Å²) in [5.74, 6) is -0.806. The molecular weight excluding hydrogens is 464 g/mol. The molecule has 0 fully saturated rings. The molecule has 2 aromatic rings. The predicted molar refractivity (Wildman–Crippen MR) is 124 cm³/mol. The lowest BCUT2D eigenvalue weighted by molar-refractivity contribution is -0.117. The van der Waals surface area contributed by atoms with Crippen LogP contribution in [0.5, 0.6) is 0 Å². The smallest absolute Gasteiger partial charge is 0.264 e. The number of nitrogens with two attached hydrogens (primary N) is 1. The Bertz CT molecular complexity index is 1260. The van der Waals surface area contributed by atoms with Gasteiger partial charge in [0, 0.05) is 24.8 Å². The van der Waals surface area contributed by atoms with E-state index in [4.69, 9.17) is 5.73 Å². The van der Waals surface area contributed by atoms with Gasteiger partial charge in [-0.3, -0.25) is 9.59 Å². The summed E-state index contributed by atoms with van der Waals surface area (Å²) in [7, 11) is -3.95. The molecule has 0 unspecified atom stereocenters. The van der Waals surface area contributed by atoms with Gasteiger partial charge in [0.1, 0.15) is 23.0 Å². The minimum atomic E-state index is -3.95. The van der Waals surface area contributed by atoms with Crippen molar-refractivity contribution < 1.29 is 18.0 Å². The van der Waals surface area contributed by atoms with Crippen LogP contribution in [0.4, 0.5) is 11.5 Å². The number of aromatic nitrogens is 1. The van der Waals surface area contributed by atoms with Crippen molar-refractivity contribution in [2.75, 3.05) is 16.8 Å². The highest BCUT2D eigenvalue weighted by atomic mass is 32.2. The van der Waals surface area contributed by atoms with Gasteiger partial charge in [0.15, 0.2) is 0 Å². The molecule has 0 aliphatic rings. The average Bonchev–Trinajstić information content (AvgIpc) is 2.72. The number of carbonyl (C=O) groups is 2. The molecule has 0 saturated carbocycles. The molecule has 4 N–H and O–H groups in total. The first-order chi connectivity index (χ1) is 15.5. The van der Waals surface area contributed by atoms with Gasteiger partial charge in [0.05, 0.1) is 16.0 Å². The number of rotatable bonds is 8. The largest absolute Gasteiger partial charge is 0.383 e. The van der Waals surface area contributed by atoms with E-state index < -0.39 is 15.9 Å². The van der Waals surface area contributed by atoms with E-state index in [0.717, 1.165) is 6.92 Å². The Morgan fingerprint density at radius 2 is 1.76 bits per heavy atom. The SMILES string of the molecule is CC(=O)NS(=O)(=O)c1ccc(NC(=O)CCSc2nc(N)c(C#N)c(C(C)C)c2C#N)cc1. The molecule has 0 aliphatic heterocycles.